The highest BCUT2D eigenvalue weighted by Gasteiger charge is 2.24. The van der Waals surface area contributed by atoms with Gasteiger partial charge in [0.2, 0.25) is 0 Å². The molecule has 1 rings (SSSR count). The van der Waals surface area contributed by atoms with Gasteiger partial charge in [0.25, 0.3) is 0 Å². The molecule has 0 aliphatic rings. The highest BCUT2D eigenvalue weighted by molar-refractivity contribution is 5.70. The van der Waals surface area contributed by atoms with Crippen LogP contribution in [-0.4, -0.2) is 38.4 Å². The number of carbonyl (C=O) groups is 1. The smallest absolute Gasteiger partial charge is 0.307 e. The Morgan fingerprint density at radius 1 is 1.30 bits per heavy atom. The molecule has 20 heavy (non-hydrogen) atoms. The number of aryl methyl sites for hydroxylation is 2. The summed E-state index contributed by atoms with van der Waals surface area (Å²) in [5.41, 5.74) is 2.65. The van der Waals surface area contributed by atoms with Crippen LogP contribution in [-0.2, 0) is 9.53 Å². The van der Waals surface area contributed by atoms with Crippen molar-refractivity contribution >= 4 is 5.97 Å². The molecule has 0 aromatic heterocycles. The largest absolute Gasteiger partial charge is 0.496 e. The van der Waals surface area contributed by atoms with Crippen molar-refractivity contribution in [3.63, 3.8) is 0 Å². The quantitative estimate of drug-likeness (QED) is 0.773. The molecule has 0 aliphatic heterocycles. The fraction of sp³-hybridized carbons (Fsp3) is 0.533. The lowest BCUT2D eigenvalue weighted by atomic mass is 9.94. The summed E-state index contributed by atoms with van der Waals surface area (Å²) in [4.78, 5) is 11.4. The third kappa shape index (κ3) is 3.71. The molecule has 5 heteroatoms. The second-order valence-electron chi connectivity index (χ2n) is 4.80. The molecule has 2 atom stereocenters. The molecule has 1 aromatic rings. The van der Waals surface area contributed by atoms with E-state index in [0.717, 1.165) is 22.4 Å². The molecule has 0 heterocycles. The van der Waals surface area contributed by atoms with Gasteiger partial charge in [0.05, 0.1) is 26.7 Å². The number of esters is 1. The maximum absolute atomic E-state index is 11.4. The van der Waals surface area contributed by atoms with Crippen LogP contribution >= 0.6 is 0 Å². The van der Waals surface area contributed by atoms with Crippen LogP contribution in [0, 0.1) is 13.8 Å². The van der Waals surface area contributed by atoms with E-state index in [-0.39, 0.29) is 12.4 Å². The summed E-state index contributed by atoms with van der Waals surface area (Å²) < 4.78 is 9.91. The van der Waals surface area contributed by atoms with Gasteiger partial charge in [0, 0.05) is 6.04 Å². The lowest BCUT2D eigenvalue weighted by Gasteiger charge is -2.24. The normalized spacial score (nSPS) is 13.7. The number of aliphatic hydroxyl groups excluding tert-OH is 1. The summed E-state index contributed by atoms with van der Waals surface area (Å²) >= 11 is 0. The molecule has 0 fully saturated rings. The summed E-state index contributed by atoms with van der Waals surface area (Å²) in [6.45, 7) is 3.83. The number of likely N-dealkylation sites (N-methyl/N-ethyl adjacent to an activating group) is 1. The van der Waals surface area contributed by atoms with Gasteiger partial charge in [-0.05, 0) is 49.7 Å². The molecule has 1 aromatic carbocycles. The zero-order chi connectivity index (χ0) is 15.3. The van der Waals surface area contributed by atoms with Crippen LogP contribution in [0.5, 0.6) is 5.75 Å². The van der Waals surface area contributed by atoms with Crippen LogP contribution in [0.1, 0.15) is 29.2 Å². The number of aliphatic hydroxyl groups is 1. The molecule has 0 radical (unpaired) electrons. The first kappa shape index (κ1) is 16.5. The van der Waals surface area contributed by atoms with Gasteiger partial charge in [-0.1, -0.05) is 0 Å². The van der Waals surface area contributed by atoms with Gasteiger partial charge in [-0.25, -0.2) is 0 Å². The van der Waals surface area contributed by atoms with Gasteiger partial charge >= 0.3 is 5.97 Å². The van der Waals surface area contributed by atoms with Crippen molar-refractivity contribution < 1.29 is 19.4 Å². The summed E-state index contributed by atoms with van der Waals surface area (Å²) in [5, 5.41) is 13.4. The van der Waals surface area contributed by atoms with E-state index in [2.05, 4.69) is 10.1 Å². The van der Waals surface area contributed by atoms with Gasteiger partial charge in [0.1, 0.15) is 5.75 Å². The summed E-state index contributed by atoms with van der Waals surface area (Å²) in [5.74, 6) is 0.429. The third-order valence-corrected chi connectivity index (χ3v) is 3.47. The van der Waals surface area contributed by atoms with Crippen LogP contribution in [0.4, 0.5) is 0 Å². The minimum Gasteiger partial charge on any atom is -0.496 e. The molecule has 0 saturated heterocycles. The Morgan fingerprint density at radius 2 is 1.95 bits per heavy atom. The molecule has 112 valence electrons. The number of hydrogen-bond donors (Lipinski definition) is 2. The molecule has 0 amide bonds. The maximum Gasteiger partial charge on any atom is 0.307 e. The number of ether oxygens (including phenoxy) is 2. The first-order valence-corrected chi connectivity index (χ1v) is 6.51. The SMILES string of the molecule is CNC(CC(=O)OC)C(O)c1cc(C)c(OC)cc1C. The predicted molar refractivity (Wildman–Crippen MR) is 76.9 cm³/mol. The minimum absolute atomic E-state index is 0.110. The summed E-state index contributed by atoms with van der Waals surface area (Å²) in [7, 11) is 4.66. The van der Waals surface area contributed by atoms with E-state index in [4.69, 9.17) is 4.74 Å². The molecular formula is C15H23NO4. The van der Waals surface area contributed by atoms with E-state index in [1.54, 1.807) is 14.2 Å². The van der Waals surface area contributed by atoms with E-state index in [1.165, 1.54) is 7.11 Å². The molecule has 0 aliphatic carbocycles. The van der Waals surface area contributed by atoms with Crippen LogP contribution in [0.15, 0.2) is 12.1 Å². The second-order valence-corrected chi connectivity index (χ2v) is 4.80. The van der Waals surface area contributed by atoms with Gasteiger partial charge in [-0.3, -0.25) is 4.79 Å². The fourth-order valence-corrected chi connectivity index (χ4v) is 2.20. The number of benzene rings is 1. The van der Waals surface area contributed by atoms with Crippen LogP contribution in [0.2, 0.25) is 0 Å². The molecule has 2 unspecified atom stereocenters. The standard InChI is InChI=1S/C15H23NO4/c1-9-7-13(19-4)10(2)6-11(9)15(18)12(16-3)8-14(17)20-5/h6-7,12,15-16,18H,8H2,1-5H3. The number of methoxy groups -OCH3 is 2. The number of hydrogen-bond acceptors (Lipinski definition) is 5. The Kier molecular flexibility index (Phi) is 5.98. The second kappa shape index (κ2) is 7.26. The van der Waals surface area contributed by atoms with E-state index in [0.29, 0.717) is 0 Å². The molecule has 5 nitrogen and oxygen atoms in total. The van der Waals surface area contributed by atoms with E-state index < -0.39 is 12.1 Å². The van der Waals surface area contributed by atoms with Crippen molar-refractivity contribution in [3.8, 4) is 5.75 Å². The van der Waals surface area contributed by atoms with Gasteiger partial charge in [-0.15, -0.1) is 0 Å². The topological polar surface area (TPSA) is 67.8 Å². The Bertz CT molecular complexity index is 473. The van der Waals surface area contributed by atoms with Crippen LogP contribution in [0.25, 0.3) is 0 Å². The first-order valence-electron chi connectivity index (χ1n) is 6.51. The molecule has 0 bridgehead atoms. The highest BCUT2D eigenvalue weighted by Crippen LogP contribution is 2.29. The zero-order valence-corrected chi connectivity index (χ0v) is 12.7. The molecular weight excluding hydrogens is 258 g/mol. The molecule has 2 N–H and O–H groups in total. The lowest BCUT2D eigenvalue weighted by Crippen LogP contribution is -2.35. The number of rotatable bonds is 6. The first-order chi connectivity index (χ1) is 9.44. The average molecular weight is 281 g/mol. The van der Waals surface area contributed by atoms with Crippen molar-refractivity contribution in [2.75, 3.05) is 21.3 Å². The van der Waals surface area contributed by atoms with Crippen molar-refractivity contribution in [3.05, 3.63) is 28.8 Å². The molecule has 0 saturated carbocycles. The van der Waals surface area contributed by atoms with Crippen LogP contribution < -0.4 is 10.1 Å². The van der Waals surface area contributed by atoms with E-state index in [9.17, 15) is 9.90 Å². The third-order valence-electron chi connectivity index (χ3n) is 3.47. The fourth-order valence-electron chi connectivity index (χ4n) is 2.20. The van der Waals surface area contributed by atoms with Gasteiger partial charge in [-0.2, -0.15) is 0 Å². The van der Waals surface area contributed by atoms with Crippen molar-refractivity contribution in [2.45, 2.75) is 32.4 Å². The van der Waals surface area contributed by atoms with Gasteiger partial charge < -0.3 is 19.9 Å². The van der Waals surface area contributed by atoms with Crippen molar-refractivity contribution in [1.29, 1.82) is 0 Å². The van der Waals surface area contributed by atoms with Crippen molar-refractivity contribution in [2.24, 2.45) is 0 Å². The Labute approximate surface area is 119 Å². The Balaban J connectivity index is 3.03. The van der Waals surface area contributed by atoms with E-state index in [1.807, 2.05) is 26.0 Å². The predicted octanol–water partition coefficient (Wildman–Crippen LogP) is 1.50. The Morgan fingerprint density at radius 3 is 2.45 bits per heavy atom. The van der Waals surface area contributed by atoms with Crippen LogP contribution in [0.3, 0.4) is 0 Å². The monoisotopic (exact) mass is 281 g/mol. The van der Waals surface area contributed by atoms with E-state index >= 15 is 0 Å². The summed E-state index contributed by atoms with van der Waals surface area (Å²) in [6, 6.07) is 3.38. The average Bonchev–Trinajstić information content (AvgIpc) is 2.45. The maximum atomic E-state index is 11.4. The summed E-state index contributed by atoms with van der Waals surface area (Å²) in [6.07, 6.45) is -0.678. The number of carbonyl (C=O) groups excluding carboxylic acids is 1. The van der Waals surface area contributed by atoms with Gasteiger partial charge in [0.15, 0.2) is 0 Å². The Hall–Kier alpha value is -1.59. The van der Waals surface area contributed by atoms with Crippen molar-refractivity contribution in [1.82, 2.24) is 5.32 Å². The highest BCUT2D eigenvalue weighted by atomic mass is 16.5. The zero-order valence-electron chi connectivity index (χ0n) is 12.7. The molecule has 0 spiro atoms. The lowest BCUT2D eigenvalue weighted by molar-refractivity contribution is -0.142. The number of nitrogens with one attached hydrogen (secondary N) is 1. The minimum atomic E-state index is -0.788.